The summed E-state index contributed by atoms with van der Waals surface area (Å²) >= 11 is 0. The van der Waals surface area contributed by atoms with E-state index >= 15 is 0 Å². The first-order chi connectivity index (χ1) is 17.8. The number of pyridine rings is 1. The van der Waals surface area contributed by atoms with Crippen molar-refractivity contribution in [2.75, 3.05) is 25.9 Å². The second-order valence-corrected chi connectivity index (χ2v) is 11.8. The van der Waals surface area contributed by atoms with Crippen LogP contribution in [0.2, 0.25) is 0 Å². The van der Waals surface area contributed by atoms with Crippen LogP contribution < -0.4 is 5.32 Å². The first-order valence-corrected chi connectivity index (χ1v) is 14.6. The van der Waals surface area contributed by atoms with Crippen molar-refractivity contribution in [3.63, 3.8) is 0 Å². The van der Waals surface area contributed by atoms with Crippen LogP contribution in [-0.4, -0.2) is 56.0 Å². The second-order valence-electron chi connectivity index (χ2n) is 9.80. The number of nitrogens with zero attached hydrogens (tertiary/aromatic N) is 2. The van der Waals surface area contributed by atoms with Gasteiger partial charge in [-0.15, -0.1) is 0 Å². The van der Waals surface area contributed by atoms with Crippen molar-refractivity contribution in [1.82, 2.24) is 15.2 Å². The number of nitrogens with one attached hydrogen (secondary N) is 1. The SMILES string of the molecule is CS(=O)(=O)c1ccc(-c2ccc(CNC3CCN(CC(=O)CCCc4ccc(F)cc4)CC3)cn2)cc1. The third-order valence-electron chi connectivity index (χ3n) is 6.82. The molecule has 1 saturated heterocycles. The number of Topliss-reactive ketones (excluding diaryl/α,β-unsaturated/α-hetero) is 1. The van der Waals surface area contributed by atoms with E-state index in [9.17, 15) is 17.6 Å². The maximum absolute atomic E-state index is 13.0. The number of hydrogen-bond acceptors (Lipinski definition) is 6. The molecule has 6 nitrogen and oxygen atoms in total. The first-order valence-electron chi connectivity index (χ1n) is 12.7. The summed E-state index contributed by atoms with van der Waals surface area (Å²) in [5.41, 5.74) is 3.84. The molecule has 2 aromatic carbocycles. The van der Waals surface area contributed by atoms with Gasteiger partial charge in [-0.2, -0.15) is 0 Å². The van der Waals surface area contributed by atoms with E-state index in [0.29, 0.717) is 23.9 Å². The van der Waals surface area contributed by atoms with Crippen molar-refractivity contribution in [3.8, 4) is 11.3 Å². The normalized spacial score (nSPS) is 15.1. The van der Waals surface area contributed by atoms with Crippen molar-refractivity contribution in [2.45, 2.75) is 49.6 Å². The van der Waals surface area contributed by atoms with Crippen LogP contribution in [0.5, 0.6) is 0 Å². The molecule has 0 unspecified atom stereocenters. The maximum Gasteiger partial charge on any atom is 0.175 e. The molecular weight excluding hydrogens is 489 g/mol. The Morgan fingerprint density at radius 3 is 2.30 bits per heavy atom. The zero-order valence-corrected chi connectivity index (χ0v) is 22.0. The monoisotopic (exact) mass is 523 g/mol. The summed E-state index contributed by atoms with van der Waals surface area (Å²) in [5.74, 6) is 0.0362. The molecule has 0 saturated carbocycles. The van der Waals surface area contributed by atoms with E-state index < -0.39 is 9.84 Å². The van der Waals surface area contributed by atoms with Gasteiger partial charge in [0.05, 0.1) is 17.1 Å². The standard InChI is InChI=1S/C29H34FN3O3S/c1-37(35,36)28-12-8-24(9-13-28)29-14-7-23(20-32-29)19-31-26-15-17-33(18-16-26)21-27(34)4-2-3-22-5-10-25(30)11-6-22/h5-14,20,26,31H,2-4,15-19,21H2,1H3. The van der Waals surface area contributed by atoms with Gasteiger partial charge in [0.1, 0.15) is 11.6 Å². The third kappa shape index (κ3) is 8.28. The van der Waals surface area contributed by atoms with Crippen LogP contribution in [0.25, 0.3) is 11.3 Å². The largest absolute Gasteiger partial charge is 0.310 e. The highest BCUT2D eigenvalue weighted by atomic mass is 32.2. The highest BCUT2D eigenvalue weighted by molar-refractivity contribution is 7.90. The molecule has 0 amide bonds. The van der Waals surface area contributed by atoms with E-state index in [4.69, 9.17) is 0 Å². The number of aryl methyl sites for hydroxylation is 1. The van der Waals surface area contributed by atoms with Crippen LogP contribution >= 0.6 is 0 Å². The molecular formula is C29H34FN3O3S. The zero-order valence-electron chi connectivity index (χ0n) is 21.2. The number of ketones is 1. The Balaban J connectivity index is 1.15. The van der Waals surface area contributed by atoms with E-state index in [2.05, 4.69) is 15.2 Å². The average molecular weight is 524 g/mol. The van der Waals surface area contributed by atoms with Gasteiger partial charge in [0.15, 0.2) is 9.84 Å². The minimum absolute atomic E-state index is 0.233. The van der Waals surface area contributed by atoms with Gasteiger partial charge in [-0.1, -0.05) is 30.3 Å². The van der Waals surface area contributed by atoms with Gasteiger partial charge in [-0.25, -0.2) is 12.8 Å². The minimum atomic E-state index is -3.21. The second kappa shape index (κ2) is 12.5. The van der Waals surface area contributed by atoms with Crippen LogP contribution in [0.15, 0.2) is 71.8 Å². The van der Waals surface area contributed by atoms with Crippen LogP contribution in [0, 0.1) is 5.82 Å². The van der Waals surface area contributed by atoms with Gasteiger partial charge in [0.25, 0.3) is 0 Å². The van der Waals surface area contributed by atoms with Gasteiger partial charge in [-0.05, 0) is 67.1 Å². The molecule has 1 aromatic heterocycles. The summed E-state index contributed by atoms with van der Waals surface area (Å²) in [5, 5.41) is 3.61. The molecule has 8 heteroatoms. The Morgan fingerprint density at radius 2 is 1.68 bits per heavy atom. The molecule has 1 aliphatic rings. The molecule has 1 N–H and O–H groups in total. The number of carbonyl (C=O) groups is 1. The van der Waals surface area contributed by atoms with Crippen molar-refractivity contribution in [2.24, 2.45) is 0 Å². The van der Waals surface area contributed by atoms with E-state index in [0.717, 1.165) is 67.7 Å². The quantitative estimate of drug-likeness (QED) is 0.400. The molecule has 0 radical (unpaired) electrons. The number of benzene rings is 2. The highest BCUT2D eigenvalue weighted by Gasteiger charge is 2.20. The van der Waals surface area contributed by atoms with Gasteiger partial charge >= 0.3 is 0 Å². The Labute approximate surface area is 218 Å². The van der Waals surface area contributed by atoms with E-state index in [-0.39, 0.29) is 11.6 Å². The fraction of sp³-hybridized carbons (Fsp3) is 0.379. The number of rotatable bonds is 11. The molecule has 2 heterocycles. The summed E-state index contributed by atoms with van der Waals surface area (Å²) in [4.78, 5) is 19.5. The van der Waals surface area contributed by atoms with Crippen LogP contribution in [0.4, 0.5) is 4.39 Å². The molecule has 3 aromatic rings. The maximum atomic E-state index is 13.0. The van der Waals surface area contributed by atoms with E-state index in [1.165, 1.54) is 18.4 Å². The summed E-state index contributed by atoms with van der Waals surface area (Å²) in [6.45, 7) is 3.05. The van der Waals surface area contributed by atoms with E-state index in [1.807, 2.05) is 18.3 Å². The number of aromatic nitrogens is 1. The lowest BCUT2D eigenvalue weighted by Crippen LogP contribution is -2.43. The highest BCUT2D eigenvalue weighted by Crippen LogP contribution is 2.20. The number of likely N-dealkylation sites (tertiary alicyclic amines) is 1. The summed E-state index contributed by atoms with van der Waals surface area (Å²) in [6.07, 6.45) is 7.20. The fourth-order valence-electron chi connectivity index (χ4n) is 4.60. The molecule has 0 spiro atoms. The van der Waals surface area contributed by atoms with Crippen molar-refractivity contribution in [1.29, 1.82) is 0 Å². The summed E-state index contributed by atoms with van der Waals surface area (Å²) in [7, 11) is -3.21. The predicted molar refractivity (Wildman–Crippen MR) is 143 cm³/mol. The first kappa shape index (κ1) is 27.1. The zero-order chi connectivity index (χ0) is 26.3. The summed E-state index contributed by atoms with van der Waals surface area (Å²) < 4.78 is 36.3. The van der Waals surface area contributed by atoms with Crippen molar-refractivity contribution < 1.29 is 17.6 Å². The third-order valence-corrected chi connectivity index (χ3v) is 7.95. The topological polar surface area (TPSA) is 79.4 Å². The minimum Gasteiger partial charge on any atom is -0.310 e. The molecule has 0 atom stereocenters. The molecule has 196 valence electrons. The Kier molecular flexibility index (Phi) is 9.18. The lowest BCUT2D eigenvalue weighted by Gasteiger charge is -2.32. The molecule has 0 aliphatic carbocycles. The lowest BCUT2D eigenvalue weighted by atomic mass is 10.0. The van der Waals surface area contributed by atoms with Gasteiger partial charge in [-0.3, -0.25) is 14.7 Å². The molecule has 1 fully saturated rings. The summed E-state index contributed by atoms with van der Waals surface area (Å²) in [6, 6.07) is 17.7. The Morgan fingerprint density at radius 1 is 1.00 bits per heavy atom. The number of piperidine rings is 1. The molecule has 37 heavy (non-hydrogen) atoms. The molecule has 4 rings (SSSR count). The molecule has 0 bridgehead atoms. The van der Waals surface area contributed by atoms with Crippen LogP contribution in [0.1, 0.15) is 36.8 Å². The Bertz CT molecular complexity index is 1270. The number of sulfone groups is 1. The lowest BCUT2D eigenvalue weighted by molar-refractivity contribution is -0.120. The fourth-order valence-corrected chi connectivity index (χ4v) is 5.23. The Hall–Kier alpha value is -2.94. The number of halogens is 1. The van der Waals surface area contributed by atoms with Crippen LogP contribution in [0.3, 0.4) is 0 Å². The van der Waals surface area contributed by atoms with E-state index in [1.54, 1.807) is 36.4 Å². The van der Waals surface area contributed by atoms with Gasteiger partial charge in [0, 0.05) is 50.1 Å². The van der Waals surface area contributed by atoms with Gasteiger partial charge < -0.3 is 5.32 Å². The average Bonchev–Trinajstić information content (AvgIpc) is 2.89. The van der Waals surface area contributed by atoms with Crippen molar-refractivity contribution >= 4 is 15.6 Å². The smallest absolute Gasteiger partial charge is 0.175 e. The molecule has 1 aliphatic heterocycles. The van der Waals surface area contributed by atoms with Crippen LogP contribution in [-0.2, 0) is 27.6 Å². The number of hydrogen-bond donors (Lipinski definition) is 1. The van der Waals surface area contributed by atoms with Gasteiger partial charge in [0.2, 0.25) is 0 Å². The van der Waals surface area contributed by atoms with Crippen molar-refractivity contribution in [3.05, 3.63) is 83.8 Å². The predicted octanol–water partition coefficient (Wildman–Crippen LogP) is 4.44. The number of carbonyl (C=O) groups excluding carboxylic acids is 1.